The van der Waals surface area contributed by atoms with E-state index in [0.29, 0.717) is 6.04 Å². The summed E-state index contributed by atoms with van der Waals surface area (Å²) in [7, 11) is 0. The first-order valence-corrected chi connectivity index (χ1v) is 5.38. The summed E-state index contributed by atoms with van der Waals surface area (Å²) < 4.78 is 0. The van der Waals surface area contributed by atoms with Crippen LogP contribution in [0.25, 0.3) is 0 Å². The van der Waals surface area contributed by atoms with Crippen LogP contribution in [0.1, 0.15) is 19.4 Å². The van der Waals surface area contributed by atoms with Crippen LogP contribution in [-0.2, 0) is 6.54 Å². The van der Waals surface area contributed by atoms with Gasteiger partial charge in [0.05, 0.1) is 5.69 Å². The Morgan fingerprint density at radius 3 is 2.44 bits per heavy atom. The van der Waals surface area contributed by atoms with Crippen LogP contribution in [0.3, 0.4) is 0 Å². The second-order valence-electron chi connectivity index (χ2n) is 3.95. The molecule has 0 unspecified atom stereocenters. The molecule has 0 aromatic heterocycles. The van der Waals surface area contributed by atoms with Crippen molar-refractivity contribution in [3.05, 3.63) is 42.2 Å². The van der Waals surface area contributed by atoms with E-state index in [4.69, 9.17) is 11.6 Å². The molecule has 16 heavy (non-hydrogen) atoms. The van der Waals surface area contributed by atoms with Crippen molar-refractivity contribution in [2.45, 2.75) is 26.4 Å². The highest BCUT2D eigenvalue weighted by molar-refractivity contribution is 5.48. The quantitative estimate of drug-likeness (QED) is 0.517. The molecule has 1 aromatic carbocycles. The van der Waals surface area contributed by atoms with E-state index >= 15 is 0 Å². The van der Waals surface area contributed by atoms with Crippen molar-refractivity contribution in [2.24, 2.45) is 11.6 Å². The average Bonchev–Trinajstić information content (AvgIpc) is 2.27. The molecule has 5 N–H and O–H groups in total. The third-order valence-electron chi connectivity index (χ3n) is 2.20. The van der Waals surface area contributed by atoms with E-state index in [1.165, 1.54) is 16.8 Å². The maximum atomic E-state index is 5.73. The van der Waals surface area contributed by atoms with Crippen LogP contribution in [0.5, 0.6) is 0 Å². The van der Waals surface area contributed by atoms with Gasteiger partial charge in [-0.2, -0.15) is 0 Å². The fourth-order valence-corrected chi connectivity index (χ4v) is 1.29. The van der Waals surface area contributed by atoms with Crippen LogP contribution in [0.2, 0.25) is 0 Å². The number of nitrogens with zero attached hydrogens (tertiary/aromatic N) is 1. The molecule has 0 amide bonds. The lowest BCUT2D eigenvalue weighted by molar-refractivity contribution is 0.589. The number of rotatable bonds is 5. The number of benzene rings is 1. The molecule has 88 valence electrons. The van der Waals surface area contributed by atoms with Gasteiger partial charge in [0.15, 0.2) is 0 Å². The van der Waals surface area contributed by atoms with Crippen LogP contribution in [0.15, 0.2) is 36.7 Å². The Morgan fingerprint density at radius 1 is 1.31 bits per heavy atom. The predicted molar refractivity (Wildman–Crippen MR) is 68.4 cm³/mol. The van der Waals surface area contributed by atoms with Crippen molar-refractivity contribution in [3.63, 3.8) is 0 Å². The van der Waals surface area contributed by atoms with Gasteiger partial charge in [0.1, 0.15) is 0 Å². The second-order valence-corrected chi connectivity index (χ2v) is 3.95. The Kier molecular flexibility index (Phi) is 4.82. The van der Waals surface area contributed by atoms with Crippen LogP contribution < -0.4 is 21.9 Å². The van der Waals surface area contributed by atoms with Crippen molar-refractivity contribution in [1.29, 1.82) is 0 Å². The summed E-state index contributed by atoms with van der Waals surface area (Å²) in [6, 6.07) is 8.53. The standard InChI is InChI=1S/C12H20N4/c1-10(2)15-9-11-3-5-12(6-4-11)16(14)8-7-13/h3-8,10,15H,9,13-14H2,1-2H3/b8-7-. The largest absolute Gasteiger partial charge is 0.403 e. The molecule has 0 fully saturated rings. The number of nitrogens with two attached hydrogens (primary N) is 2. The average molecular weight is 220 g/mol. The van der Waals surface area contributed by atoms with Gasteiger partial charge in [-0.15, -0.1) is 0 Å². The molecule has 0 saturated carbocycles. The summed E-state index contributed by atoms with van der Waals surface area (Å²) in [6.07, 6.45) is 3.02. The van der Waals surface area contributed by atoms with Crippen molar-refractivity contribution >= 4 is 5.69 Å². The molecule has 1 rings (SSSR count). The molecule has 0 aliphatic heterocycles. The Balaban J connectivity index is 2.60. The normalized spacial score (nSPS) is 11.2. The van der Waals surface area contributed by atoms with Gasteiger partial charge >= 0.3 is 0 Å². The summed E-state index contributed by atoms with van der Waals surface area (Å²) in [4.78, 5) is 0. The van der Waals surface area contributed by atoms with Gasteiger partial charge in [0.25, 0.3) is 0 Å². The zero-order valence-electron chi connectivity index (χ0n) is 9.85. The number of nitrogens with one attached hydrogen (secondary N) is 1. The Morgan fingerprint density at radius 2 is 1.94 bits per heavy atom. The molecular formula is C12H20N4. The second kappa shape index (κ2) is 6.15. The van der Waals surface area contributed by atoms with E-state index in [-0.39, 0.29) is 0 Å². The maximum Gasteiger partial charge on any atom is 0.0569 e. The molecule has 4 heteroatoms. The highest BCUT2D eigenvalue weighted by Crippen LogP contribution is 2.12. The minimum Gasteiger partial charge on any atom is -0.403 e. The highest BCUT2D eigenvalue weighted by Gasteiger charge is 1.98. The van der Waals surface area contributed by atoms with Gasteiger partial charge < -0.3 is 11.1 Å². The molecule has 0 bridgehead atoms. The summed E-state index contributed by atoms with van der Waals surface area (Å²) in [5.41, 5.74) is 7.42. The van der Waals surface area contributed by atoms with Gasteiger partial charge in [0, 0.05) is 25.0 Å². The van der Waals surface area contributed by atoms with Crippen LogP contribution in [-0.4, -0.2) is 6.04 Å². The lowest BCUT2D eigenvalue weighted by Gasteiger charge is -2.14. The summed E-state index contributed by atoms with van der Waals surface area (Å²) in [5, 5.41) is 4.84. The summed E-state index contributed by atoms with van der Waals surface area (Å²) in [5.74, 6) is 5.73. The first-order chi connectivity index (χ1) is 7.63. The zero-order valence-corrected chi connectivity index (χ0v) is 9.85. The first kappa shape index (κ1) is 12.5. The zero-order chi connectivity index (χ0) is 12.0. The molecule has 0 spiro atoms. The van der Waals surface area contributed by atoms with E-state index in [1.807, 2.05) is 12.1 Å². The van der Waals surface area contributed by atoms with E-state index in [1.54, 1.807) is 6.20 Å². The molecule has 0 aliphatic rings. The van der Waals surface area contributed by atoms with Gasteiger partial charge in [-0.1, -0.05) is 26.0 Å². The number of anilines is 1. The predicted octanol–water partition coefficient (Wildman–Crippen LogP) is 1.29. The molecule has 0 radical (unpaired) electrons. The van der Waals surface area contributed by atoms with Crippen molar-refractivity contribution in [1.82, 2.24) is 5.32 Å². The van der Waals surface area contributed by atoms with Crippen molar-refractivity contribution in [3.8, 4) is 0 Å². The fourth-order valence-electron chi connectivity index (χ4n) is 1.29. The van der Waals surface area contributed by atoms with Crippen molar-refractivity contribution in [2.75, 3.05) is 5.01 Å². The maximum absolute atomic E-state index is 5.73. The molecule has 0 saturated heterocycles. The van der Waals surface area contributed by atoms with Gasteiger partial charge in [-0.3, -0.25) is 5.01 Å². The third-order valence-corrected chi connectivity index (χ3v) is 2.20. The Bertz CT molecular complexity index is 329. The van der Waals surface area contributed by atoms with E-state index in [9.17, 15) is 0 Å². The SMILES string of the molecule is CC(C)NCc1ccc(N(N)/C=C\N)cc1. The summed E-state index contributed by atoms with van der Waals surface area (Å²) in [6.45, 7) is 5.12. The van der Waals surface area contributed by atoms with Gasteiger partial charge in [-0.05, 0) is 17.7 Å². The van der Waals surface area contributed by atoms with Crippen LogP contribution in [0.4, 0.5) is 5.69 Å². The van der Waals surface area contributed by atoms with E-state index in [0.717, 1.165) is 12.2 Å². The van der Waals surface area contributed by atoms with Gasteiger partial charge in [0.2, 0.25) is 0 Å². The lowest BCUT2D eigenvalue weighted by atomic mass is 10.2. The minimum atomic E-state index is 0.492. The van der Waals surface area contributed by atoms with E-state index < -0.39 is 0 Å². The smallest absolute Gasteiger partial charge is 0.0569 e. The molecule has 0 heterocycles. The minimum absolute atomic E-state index is 0.492. The molecule has 0 atom stereocenters. The van der Waals surface area contributed by atoms with Crippen LogP contribution >= 0.6 is 0 Å². The van der Waals surface area contributed by atoms with E-state index in [2.05, 4.69) is 31.3 Å². The molecule has 1 aromatic rings. The number of hydrogen-bond acceptors (Lipinski definition) is 4. The molecular weight excluding hydrogens is 200 g/mol. The van der Waals surface area contributed by atoms with Crippen LogP contribution in [0, 0.1) is 0 Å². The lowest BCUT2D eigenvalue weighted by Crippen LogP contribution is -2.24. The van der Waals surface area contributed by atoms with Crippen molar-refractivity contribution < 1.29 is 0 Å². The number of hydrogen-bond donors (Lipinski definition) is 3. The third kappa shape index (κ3) is 3.92. The van der Waals surface area contributed by atoms with Gasteiger partial charge in [-0.25, -0.2) is 5.84 Å². The monoisotopic (exact) mass is 220 g/mol. The molecule has 0 aliphatic carbocycles. The fraction of sp³-hybridized carbons (Fsp3) is 0.333. The Hall–Kier alpha value is -1.52. The highest BCUT2D eigenvalue weighted by atomic mass is 15.4. The molecule has 4 nitrogen and oxygen atoms in total. The first-order valence-electron chi connectivity index (χ1n) is 5.38. The number of hydrazine groups is 1. The topological polar surface area (TPSA) is 67.3 Å². The Labute approximate surface area is 96.9 Å². The summed E-state index contributed by atoms with van der Waals surface area (Å²) >= 11 is 0.